The normalized spacial score (nSPS) is 11.1. The Morgan fingerprint density at radius 2 is 1.67 bits per heavy atom. The zero-order valence-corrected chi connectivity index (χ0v) is 17.6. The molecule has 0 saturated heterocycles. The minimum absolute atomic E-state index is 0.0428. The fourth-order valence-electron chi connectivity index (χ4n) is 2.92. The number of carbonyl (C=O) groups excluding carboxylic acids is 2. The van der Waals surface area contributed by atoms with Crippen LogP contribution in [0.1, 0.15) is 37.8 Å². The fraction of sp³-hybridized carbons (Fsp3) is 0.190. The summed E-state index contributed by atoms with van der Waals surface area (Å²) in [6.07, 6.45) is -3.58. The van der Waals surface area contributed by atoms with Gasteiger partial charge in [0.05, 0.1) is 22.4 Å². The van der Waals surface area contributed by atoms with Gasteiger partial charge in [0.1, 0.15) is 23.3 Å². The molecule has 0 radical (unpaired) electrons. The second-order valence-electron chi connectivity index (χ2n) is 6.91. The summed E-state index contributed by atoms with van der Waals surface area (Å²) in [7, 11) is 1.36. The van der Waals surface area contributed by atoms with Gasteiger partial charge in [-0.2, -0.15) is 13.2 Å². The Balaban J connectivity index is 1.94. The molecule has 0 fully saturated rings. The number of nitrogens with zero attached hydrogens (tertiary/aromatic N) is 3. The van der Waals surface area contributed by atoms with E-state index in [9.17, 15) is 27.2 Å². The van der Waals surface area contributed by atoms with Crippen molar-refractivity contribution in [2.75, 3.05) is 17.7 Å². The predicted octanol–water partition coefficient (Wildman–Crippen LogP) is 4.00. The molecule has 2 aromatic heterocycles. The summed E-state index contributed by atoms with van der Waals surface area (Å²) in [4.78, 5) is 37.3. The van der Waals surface area contributed by atoms with Crippen LogP contribution < -0.4 is 16.0 Å². The van der Waals surface area contributed by atoms with Crippen LogP contribution >= 0.6 is 0 Å². The molecule has 0 saturated carbocycles. The third-order valence-corrected chi connectivity index (χ3v) is 4.39. The molecule has 0 aliphatic carbocycles. The molecule has 1 aromatic carbocycles. The molecule has 3 rings (SSSR count). The summed E-state index contributed by atoms with van der Waals surface area (Å²) >= 11 is 0. The Kier molecular flexibility index (Phi) is 6.56. The molecule has 2 heterocycles. The smallest absolute Gasteiger partial charge is 0.355 e. The zero-order chi connectivity index (χ0) is 24.3. The van der Waals surface area contributed by atoms with E-state index in [1.807, 2.05) is 0 Å². The second-order valence-corrected chi connectivity index (χ2v) is 6.91. The molecule has 0 aliphatic heterocycles. The summed E-state index contributed by atoms with van der Waals surface area (Å²) in [5, 5.41) is 7.65. The highest BCUT2D eigenvalue weighted by Crippen LogP contribution is 2.30. The van der Waals surface area contributed by atoms with Crippen LogP contribution in [-0.4, -0.2) is 33.8 Å². The van der Waals surface area contributed by atoms with Crippen LogP contribution in [0.4, 0.5) is 34.9 Å². The van der Waals surface area contributed by atoms with E-state index in [0.29, 0.717) is 23.4 Å². The van der Waals surface area contributed by atoms with Gasteiger partial charge in [-0.15, -0.1) is 0 Å². The molecule has 0 unspecified atom stereocenters. The van der Waals surface area contributed by atoms with Crippen LogP contribution in [0.5, 0.6) is 0 Å². The number of hydrogen-bond donors (Lipinski definition) is 3. The topological polar surface area (TPSA) is 109 Å². The van der Waals surface area contributed by atoms with E-state index in [1.54, 1.807) is 19.9 Å². The Morgan fingerprint density at radius 1 is 0.939 bits per heavy atom. The highest BCUT2D eigenvalue weighted by atomic mass is 19.4. The molecule has 8 nitrogen and oxygen atoms in total. The van der Waals surface area contributed by atoms with Crippen molar-refractivity contribution in [3.63, 3.8) is 0 Å². The number of halogens is 4. The molecule has 3 N–H and O–H groups in total. The Labute approximate surface area is 185 Å². The largest absolute Gasteiger partial charge is 0.416 e. The fourth-order valence-corrected chi connectivity index (χ4v) is 2.92. The van der Waals surface area contributed by atoms with Crippen LogP contribution in [0.2, 0.25) is 0 Å². The van der Waals surface area contributed by atoms with E-state index in [4.69, 9.17) is 0 Å². The first-order valence-electron chi connectivity index (χ1n) is 9.47. The molecule has 3 aromatic rings. The maximum atomic E-state index is 14.2. The van der Waals surface area contributed by atoms with Crippen LogP contribution in [0.25, 0.3) is 0 Å². The van der Waals surface area contributed by atoms with Crippen molar-refractivity contribution < 1.29 is 27.2 Å². The molecule has 12 heteroatoms. The maximum absolute atomic E-state index is 14.2. The first-order chi connectivity index (χ1) is 15.5. The van der Waals surface area contributed by atoms with Gasteiger partial charge in [0.25, 0.3) is 11.8 Å². The summed E-state index contributed by atoms with van der Waals surface area (Å²) in [6, 6.07) is 4.51. The number of aryl methyl sites for hydroxylation is 2. The Bertz CT molecular complexity index is 1210. The third-order valence-electron chi connectivity index (χ3n) is 4.39. The van der Waals surface area contributed by atoms with Crippen LogP contribution in [-0.2, 0) is 6.18 Å². The Morgan fingerprint density at radius 3 is 2.27 bits per heavy atom. The van der Waals surface area contributed by atoms with E-state index in [0.717, 1.165) is 6.07 Å². The lowest BCUT2D eigenvalue weighted by Gasteiger charge is -2.14. The molecular weight excluding hydrogens is 444 g/mol. The van der Waals surface area contributed by atoms with Crippen LogP contribution in [0.15, 0.2) is 36.5 Å². The average molecular weight is 462 g/mol. The number of benzene rings is 1. The highest BCUT2D eigenvalue weighted by molar-refractivity contribution is 6.09. The lowest BCUT2D eigenvalue weighted by Crippen LogP contribution is -2.22. The number of amides is 2. The lowest BCUT2D eigenvalue weighted by atomic mass is 10.1. The van der Waals surface area contributed by atoms with Crippen molar-refractivity contribution >= 4 is 29.1 Å². The molecule has 0 atom stereocenters. The van der Waals surface area contributed by atoms with Crippen LogP contribution in [0.3, 0.4) is 0 Å². The maximum Gasteiger partial charge on any atom is 0.416 e. The number of hydrogen-bond acceptors (Lipinski definition) is 6. The van der Waals surface area contributed by atoms with Crippen molar-refractivity contribution in [2.24, 2.45) is 0 Å². The number of rotatable bonds is 5. The van der Waals surface area contributed by atoms with E-state index in [1.165, 1.54) is 19.3 Å². The molecule has 0 aliphatic rings. The number of pyridine rings is 1. The highest BCUT2D eigenvalue weighted by Gasteiger charge is 2.31. The summed E-state index contributed by atoms with van der Waals surface area (Å²) < 4.78 is 52.5. The summed E-state index contributed by atoms with van der Waals surface area (Å²) in [5.74, 6) is -1.88. The minimum atomic E-state index is -4.76. The molecule has 2 amide bonds. The van der Waals surface area contributed by atoms with Gasteiger partial charge in [-0.1, -0.05) is 0 Å². The van der Waals surface area contributed by atoms with Crippen molar-refractivity contribution in [1.82, 2.24) is 20.3 Å². The van der Waals surface area contributed by atoms with Gasteiger partial charge in [-0.05, 0) is 32.0 Å². The predicted molar refractivity (Wildman–Crippen MR) is 112 cm³/mol. The van der Waals surface area contributed by atoms with Crippen LogP contribution in [0, 0.1) is 19.7 Å². The van der Waals surface area contributed by atoms with Gasteiger partial charge in [0, 0.05) is 31.1 Å². The SMILES string of the molecule is CNC(=O)c1cnc(Nc2cc(C)nc(C)n2)cc1NC(=O)c1ccc(C(F)(F)F)cc1F. The van der Waals surface area contributed by atoms with E-state index in [2.05, 4.69) is 30.9 Å². The minimum Gasteiger partial charge on any atom is -0.355 e. The molecule has 33 heavy (non-hydrogen) atoms. The van der Waals surface area contributed by atoms with Gasteiger partial charge in [0.15, 0.2) is 0 Å². The summed E-state index contributed by atoms with van der Waals surface area (Å²) in [6.45, 7) is 3.47. The quantitative estimate of drug-likeness (QED) is 0.495. The number of anilines is 3. The molecular formula is C21H18F4N6O2. The van der Waals surface area contributed by atoms with Gasteiger partial charge >= 0.3 is 6.18 Å². The van der Waals surface area contributed by atoms with Gasteiger partial charge in [-0.25, -0.2) is 19.3 Å². The lowest BCUT2D eigenvalue weighted by molar-refractivity contribution is -0.137. The number of aromatic nitrogens is 3. The van der Waals surface area contributed by atoms with Crippen molar-refractivity contribution in [1.29, 1.82) is 0 Å². The molecule has 172 valence electrons. The molecule has 0 bridgehead atoms. The van der Waals surface area contributed by atoms with Gasteiger partial charge < -0.3 is 16.0 Å². The van der Waals surface area contributed by atoms with Gasteiger partial charge in [0.2, 0.25) is 0 Å². The average Bonchev–Trinajstić information content (AvgIpc) is 2.71. The zero-order valence-electron chi connectivity index (χ0n) is 17.6. The number of alkyl halides is 3. The first kappa shape index (κ1) is 23.6. The first-order valence-corrected chi connectivity index (χ1v) is 9.47. The molecule has 0 spiro atoms. The number of nitrogens with one attached hydrogen (secondary N) is 3. The second kappa shape index (κ2) is 9.18. The van der Waals surface area contributed by atoms with Crippen molar-refractivity contribution in [2.45, 2.75) is 20.0 Å². The van der Waals surface area contributed by atoms with E-state index in [-0.39, 0.29) is 23.1 Å². The third kappa shape index (κ3) is 5.59. The van der Waals surface area contributed by atoms with Crippen molar-refractivity contribution in [3.8, 4) is 0 Å². The monoisotopic (exact) mass is 462 g/mol. The number of carbonyl (C=O) groups is 2. The Hall–Kier alpha value is -4.09. The summed E-state index contributed by atoms with van der Waals surface area (Å²) in [5.41, 5.74) is -1.25. The standard InChI is InChI=1S/C21H18F4N6O2/c1-10-6-18(29-11(2)28-10)31-17-8-16(14(9-27-17)19(32)26-3)30-20(33)13-5-4-12(7-15(13)22)21(23,24)25/h4-9H,1-3H3,(H,26,32)(H2,27,28,29,30,31,33). The van der Waals surface area contributed by atoms with Crippen molar-refractivity contribution in [3.05, 3.63) is 70.6 Å². The van der Waals surface area contributed by atoms with E-state index < -0.39 is 34.9 Å². The van der Waals surface area contributed by atoms with Gasteiger partial charge in [-0.3, -0.25) is 9.59 Å². The van der Waals surface area contributed by atoms with E-state index >= 15 is 0 Å².